The van der Waals surface area contributed by atoms with Gasteiger partial charge in [-0.05, 0) is 53.1 Å². The van der Waals surface area contributed by atoms with Crippen LogP contribution in [0.4, 0.5) is 4.39 Å². The summed E-state index contributed by atoms with van der Waals surface area (Å²) in [4.78, 5) is 12.1. The smallest absolute Gasteiger partial charge is 0.224 e. The Morgan fingerprint density at radius 1 is 0.821 bits per heavy atom. The van der Waals surface area contributed by atoms with Gasteiger partial charge < -0.3 is 14.8 Å². The van der Waals surface area contributed by atoms with Gasteiger partial charge in [0.2, 0.25) is 5.91 Å². The number of halogens is 1. The molecule has 4 nitrogen and oxygen atoms in total. The lowest BCUT2D eigenvalue weighted by molar-refractivity contribution is -0.120. The summed E-state index contributed by atoms with van der Waals surface area (Å²) in [6.45, 7) is 0.825. The zero-order valence-electron chi connectivity index (χ0n) is 15.7. The summed E-state index contributed by atoms with van der Waals surface area (Å²) in [5, 5.41) is 2.91. The van der Waals surface area contributed by atoms with Crippen LogP contribution in [-0.2, 0) is 24.4 Å². The lowest BCUT2D eigenvalue weighted by Gasteiger charge is -2.09. The molecule has 0 aliphatic rings. The van der Waals surface area contributed by atoms with Gasteiger partial charge in [-0.25, -0.2) is 4.39 Å². The quantitative estimate of drug-likeness (QED) is 0.636. The maximum atomic E-state index is 12.9. The molecule has 0 radical (unpaired) electrons. The molecule has 3 aromatic carbocycles. The van der Waals surface area contributed by atoms with Gasteiger partial charge in [-0.2, -0.15) is 0 Å². The average molecular weight is 379 g/mol. The Labute approximate surface area is 163 Å². The Bertz CT molecular complexity index is 891. The van der Waals surface area contributed by atoms with Gasteiger partial charge in [0, 0.05) is 6.54 Å². The Balaban J connectivity index is 1.44. The standard InChI is InChI=1S/C23H22FNO3/c1-27-21-10-4-17(5-11-21)14-23(26)25-15-18-6-12-22(13-7-18)28-16-19-2-8-20(24)9-3-19/h2-13H,14-16H2,1H3,(H,25,26). The molecule has 0 atom stereocenters. The van der Waals surface area contributed by atoms with Gasteiger partial charge in [0.25, 0.3) is 0 Å². The van der Waals surface area contributed by atoms with Crippen molar-refractivity contribution in [2.75, 3.05) is 7.11 Å². The second-order valence-corrected chi connectivity index (χ2v) is 6.36. The van der Waals surface area contributed by atoms with E-state index in [0.717, 1.165) is 28.2 Å². The first kappa shape index (κ1) is 19.4. The number of ether oxygens (including phenoxy) is 2. The van der Waals surface area contributed by atoms with Crippen molar-refractivity contribution in [1.29, 1.82) is 0 Å². The first-order valence-corrected chi connectivity index (χ1v) is 8.98. The maximum Gasteiger partial charge on any atom is 0.224 e. The Kier molecular flexibility index (Phi) is 6.63. The van der Waals surface area contributed by atoms with E-state index in [9.17, 15) is 9.18 Å². The van der Waals surface area contributed by atoms with Gasteiger partial charge in [0.05, 0.1) is 13.5 Å². The van der Waals surface area contributed by atoms with Crippen LogP contribution in [0, 0.1) is 5.82 Å². The topological polar surface area (TPSA) is 47.6 Å². The zero-order chi connectivity index (χ0) is 19.8. The van der Waals surface area contributed by atoms with Crippen molar-refractivity contribution in [3.8, 4) is 11.5 Å². The molecule has 0 heterocycles. The highest BCUT2D eigenvalue weighted by Gasteiger charge is 2.04. The molecular formula is C23H22FNO3. The highest BCUT2D eigenvalue weighted by atomic mass is 19.1. The normalized spacial score (nSPS) is 10.4. The van der Waals surface area contributed by atoms with Crippen molar-refractivity contribution >= 4 is 5.91 Å². The first-order chi connectivity index (χ1) is 13.6. The minimum Gasteiger partial charge on any atom is -0.497 e. The number of carbonyl (C=O) groups is 1. The van der Waals surface area contributed by atoms with Crippen LogP contribution in [0.25, 0.3) is 0 Å². The van der Waals surface area contributed by atoms with Gasteiger partial charge in [0.15, 0.2) is 0 Å². The number of amides is 1. The molecule has 0 saturated carbocycles. The average Bonchev–Trinajstić information content (AvgIpc) is 2.73. The minimum absolute atomic E-state index is 0.0400. The van der Waals surface area contributed by atoms with Crippen molar-refractivity contribution in [3.05, 3.63) is 95.3 Å². The summed E-state index contributed by atoms with van der Waals surface area (Å²) in [5.41, 5.74) is 2.82. The Morgan fingerprint density at radius 2 is 1.39 bits per heavy atom. The van der Waals surface area contributed by atoms with Crippen molar-refractivity contribution in [2.24, 2.45) is 0 Å². The number of rotatable bonds is 8. The summed E-state index contributed by atoms with van der Waals surface area (Å²) < 4.78 is 23.7. The van der Waals surface area contributed by atoms with E-state index in [0.29, 0.717) is 19.6 Å². The molecule has 0 spiro atoms. The fraction of sp³-hybridized carbons (Fsp3) is 0.174. The van der Waals surface area contributed by atoms with E-state index in [2.05, 4.69) is 5.32 Å². The number of benzene rings is 3. The fourth-order valence-electron chi connectivity index (χ4n) is 2.64. The van der Waals surface area contributed by atoms with Crippen LogP contribution in [0.1, 0.15) is 16.7 Å². The lowest BCUT2D eigenvalue weighted by Crippen LogP contribution is -2.24. The highest BCUT2D eigenvalue weighted by Crippen LogP contribution is 2.15. The first-order valence-electron chi connectivity index (χ1n) is 8.98. The number of carbonyl (C=O) groups excluding carboxylic acids is 1. The molecule has 28 heavy (non-hydrogen) atoms. The van der Waals surface area contributed by atoms with Gasteiger partial charge in [-0.3, -0.25) is 4.79 Å². The number of hydrogen-bond donors (Lipinski definition) is 1. The van der Waals surface area contributed by atoms with Crippen molar-refractivity contribution in [1.82, 2.24) is 5.32 Å². The third kappa shape index (κ3) is 5.84. The maximum absolute atomic E-state index is 12.9. The minimum atomic E-state index is -0.262. The molecule has 3 rings (SSSR count). The summed E-state index contributed by atoms with van der Waals surface area (Å²) in [6.07, 6.45) is 0.322. The predicted molar refractivity (Wildman–Crippen MR) is 106 cm³/mol. The number of nitrogens with one attached hydrogen (secondary N) is 1. The molecule has 1 N–H and O–H groups in total. The van der Waals surface area contributed by atoms with E-state index in [4.69, 9.17) is 9.47 Å². The van der Waals surface area contributed by atoms with Gasteiger partial charge in [-0.1, -0.05) is 36.4 Å². The monoisotopic (exact) mass is 379 g/mol. The summed E-state index contributed by atoms with van der Waals surface area (Å²) in [6, 6.07) is 21.2. The second kappa shape index (κ2) is 9.55. The van der Waals surface area contributed by atoms with E-state index in [1.807, 2.05) is 48.5 Å². The lowest BCUT2D eigenvalue weighted by atomic mass is 10.1. The van der Waals surface area contributed by atoms with Crippen LogP contribution >= 0.6 is 0 Å². The predicted octanol–water partition coefficient (Wildman–Crippen LogP) is 4.27. The molecule has 0 saturated heterocycles. The number of hydrogen-bond acceptors (Lipinski definition) is 3. The summed E-state index contributed by atoms with van der Waals surface area (Å²) in [7, 11) is 1.61. The van der Waals surface area contributed by atoms with Crippen LogP contribution < -0.4 is 14.8 Å². The third-order valence-electron chi connectivity index (χ3n) is 4.26. The van der Waals surface area contributed by atoms with E-state index in [-0.39, 0.29) is 11.7 Å². The summed E-state index contributed by atoms with van der Waals surface area (Å²) in [5.74, 6) is 1.19. The van der Waals surface area contributed by atoms with Gasteiger partial charge >= 0.3 is 0 Å². The summed E-state index contributed by atoms with van der Waals surface area (Å²) >= 11 is 0. The Hall–Kier alpha value is -3.34. The largest absolute Gasteiger partial charge is 0.497 e. The zero-order valence-corrected chi connectivity index (χ0v) is 15.7. The van der Waals surface area contributed by atoms with E-state index >= 15 is 0 Å². The molecule has 0 unspecified atom stereocenters. The second-order valence-electron chi connectivity index (χ2n) is 6.36. The molecule has 0 aromatic heterocycles. The molecule has 3 aromatic rings. The number of methoxy groups -OCH3 is 1. The third-order valence-corrected chi connectivity index (χ3v) is 4.26. The van der Waals surface area contributed by atoms with Crippen molar-refractivity contribution in [3.63, 3.8) is 0 Å². The fourth-order valence-corrected chi connectivity index (χ4v) is 2.64. The van der Waals surface area contributed by atoms with E-state index < -0.39 is 0 Å². The molecule has 0 aliphatic carbocycles. The molecule has 144 valence electrons. The van der Waals surface area contributed by atoms with E-state index in [1.54, 1.807) is 19.2 Å². The molecule has 0 fully saturated rings. The van der Waals surface area contributed by atoms with Crippen LogP contribution in [0.15, 0.2) is 72.8 Å². The Morgan fingerprint density at radius 3 is 2.04 bits per heavy atom. The van der Waals surface area contributed by atoms with Gasteiger partial charge in [0.1, 0.15) is 23.9 Å². The van der Waals surface area contributed by atoms with Crippen LogP contribution in [0.2, 0.25) is 0 Å². The highest BCUT2D eigenvalue weighted by molar-refractivity contribution is 5.78. The van der Waals surface area contributed by atoms with Crippen molar-refractivity contribution < 1.29 is 18.7 Å². The van der Waals surface area contributed by atoms with Gasteiger partial charge in [-0.15, -0.1) is 0 Å². The molecule has 5 heteroatoms. The van der Waals surface area contributed by atoms with E-state index in [1.165, 1.54) is 12.1 Å². The van der Waals surface area contributed by atoms with Crippen LogP contribution in [0.5, 0.6) is 11.5 Å². The SMILES string of the molecule is COc1ccc(CC(=O)NCc2ccc(OCc3ccc(F)cc3)cc2)cc1. The molecule has 0 bridgehead atoms. The molecule has 1 amide bonds. The van der Waals surface area contributed by atoms with Crippen LogP contribution in [-0.4, -0.2) is 13.0 Å². The van der Waals surface area contributed by atoms with Crippen LogP contribution in [0.3, 0.4) is 0 Å². The van der Waals surface area contributed by atoms with Crippen molar-refractivity contribution in [2.45, 2.75) is 19.6 Å². The molecular weight excluding hydrogens is 357 g/mol. The molecule has 0 aliphatic heterocycles.